The van der Waals surface area contributed by atoms with Gasteiger partial charge in [-0.15, -0.1) is 23.1 Å². The van der Waals surface area contributed by atoms with E-state index in [-0.39, 0.29) is 5.91 Å². The number of nitrogens with one attached hydrogen (secondary N) is 1. The Morgan fingerprint density at radius 2 is 2.36 bits per heavy atom. The first-order valence-corrected chi connectivity index (χ1v) is 9.16. The van der Waals surface area contributed by atoms with Crippen molar-refractivity contribution >= 4 is 34.1 Å². The zero-order chi connectivity index (χ0) is 15.4. The van der Waals surface area contributed by atoms with Gasteiger partial charge in [0.15, 0.2) is 5.13 Å². The number of benzene rings is 1. The lowest BCUT2D eigenvalue weighted by Crippen LogP contribution is -2.14. The lowest BCUT2D eigenvalue weighted by atomic mass is 10.2. The van der Waals surface area contributed by atoms with E-state index in [9.17, 15) is 4.79 Å². The smallest absolute Gasteiger partial charge is 0.258 e. The second kappa shape index (κ2) is 7.26. The quantitative estimate of drug-likeness (QED) is 0.841. The van der Waals surface area contributed by atoms with E-state index in [2.05, 4.69) is 10.3 Å². The van der Waals surface area contributed by atoms with Gasteiger partial charge in [0, 0.05) is 22.6 Å². The molecule has 1 N–H and O–H groups in total. The first kappa shape index (κ1) is 15.5. The number of aromatic nitrogens is 1. The highest BCUT2D eigenvalue weighted by Crippen LogP contribution is 2.27. The molecule has 1 aromatic carbocycles. The van der Waals surface area contributed by atoms with E-state index in [0.717, 1.165) is 35.8 Å². The van der Waals surface area contributed by atoms with Gasteiger partial charge in [-0.3, -0.25) is 10.1 Å². The maximum absolute atomic E-state index is 12.5. The molecule has 116 valence electrons. The second-order valence-electron chi connectivity index (χ2n) is 5.19. The van der Waals surface area contributed by atoms with E-state index in [1.54, 1.807) is 11.8 Å². The summed E-state index contributed by atoms with van der Waals surface area (Å²) < 4.78 is 5.64. The molecule has 4 nitrogen and oxygen atoms in total. The number of amides is 1. The van der Waals surface area contributed by atoms with E-state index < -0.39 is 0 Å². The monoisotopic (exact) mass is 334 g/mol. The molecule has 2 heterocycles. The Morgan fingerprint density at radius 1 is 1.50 bits per heavy atom. The second-order valence-corrected chi connectivity index (χ2v) is 7.11. The Labute approximate surface area is 138 Å². The van der Waals surface area contributed by atoms with Crippen LogP contribution in [0.2, 0.25) is 0 Å². The molecule has 0 spiro atoms. The Morgan fingerprint density at radius 3 is 3.09 bits per heavy atom. The Kier molecular flexibility index (Phi) is 5.12. The molecule has 6 heteroatoms. The van der Waals surface area contributed by atoms with E-state index in [1.165, 1.54) is 11.3 Å². The molecule has 1 amide bonds. The van der Waals surface area contributed by atoms with Crippen LogP contribution in [0.4, 0.5) is 5.13 Å². The van der Waals surface area contributed by atoms with Crippen molar-refractivity contribution in [3.63, 3.8) is 0 Å². The summed E-state index contributed by atoms with van der Waals surface area (Å²) in [6.07, 6.45) is 2.55. The topological polar surface area (TPSA) is 51.2 Å². The number of anilines is 1. The Hall–Kier alpha value is -1.37. The van der Waals surface area contributed by atoms with E-state index in [4.69, 9.17) is 4.74 Å². The number of carbonyl (C=O) groups is 1. The van der Waals surface area contributed by atoms with Crippen molar-refractivity contribution in [2.24, 2.45) is 0 Å². The normalized spacial score (nSPS) is 17.6. The van der Waals surface area contributed by atoms with Gasteiger partial charge in [0.25, 0.3) is 5.91 Å². The molecule has 2 aromatic rings. The molecule has 1 aliphatic rings. The highest BCUT2D eigenvalue weighted by atomic mass is 32.2. The highest BCUT2D eigenvalue weighted by Gasteiger charge is 2.18. The lowest BCUT2D eigenvalue weighted by Gasteiger charge is -2.11. The van der Waals surface area contributed by atoms with Crippen LogP contribution in [-0.2, 0) is 4.74 Å². The molecule has 1 atom stereocenters. The number of aryl methyl sites for hydroxylation is 1. The minimum Gasteiger partial charge on any atom is -0.377 e. The summed E-state index contributed by atoms with van der Waals surface area (Å²) in [6, 6.07) is 7.69. The van der Waals surface area contributed by atoms with Crippen LogP contribution >= 0.6 is 23.1 Å². The number of ether oxygens (including phenoxy) is 1. The van der Waals surface area contributed by atoms with Crippen LogP contribution in [0.1, 0.15) is 28.9 Å². The van der Waals surface area contributed by atoms with Gasteiger partial charge in [-0.25, -0.2) is 4.98 Å². The van der Waals surface area contributed by atoms with Crippen molar-refractivity contribution in [3.05, 3.63) is 40.9 Å². The molecule has 1 aliphatic heterocycles. The predicted molar refractivity (Wildman–Crippen MR) is 90.9 cm³/mol. The van der Waals surface area contributed by atoms with Crippen LogP contribution in [0.3, 0.4) is 0 Å². The summed E-state index contributed by atoms with van der Waals surface area (Å²) >= 11 is 3.13. The SMILES string of the molecule is Cc1csc(NC(=O)c2ccccc2SCC2CCCO2)n1. The third kappa shape index (κ3) is 3.88. The maximum Gasteiger partial charge on any atom is 0.258 e. The predicted octanol–water partition coefficient (Wildman–Crippen LogP) is 3.97. The van der Waals surface area contributed by atoms with Gasteiger partial charge in [-0.1, -0.05) is 12.1 Å². The van der Waals surface area contributed by atoms with Gasteiger partial charge in [0.1, 0.15) is 0 Å². The Balaban J connectivity index is 1.68. The Bertz CT molecular complexity index is 651. The van der Waals surface area contributed by atoms with Gasteiger partial charge in [0.2, 0.25) is 0 Å². The average Bonchev–Trinajstić information content (AvgIpc) is 3.17. The summed E-state index contributed by atoms with van der Waals surface area (Å²) in [7, 11) is 0. The third-order valence-electron chi connectivity index (χ3n) is 3.42. The molecule has 0 aliphatic carbocycles. The fourth-order valence-electron chi connectivity index (χ4n) is 2.31. The number of carbonyl (C=O) groups excluding carboxylic acids is 1. The largest absolute Gasteiger partial charge is 0.377 e. The minimum absolute atomic E-state index is 0.107. The van der Waals surface area contributed by atoms with Crippen LogP contribution in [0, 0.1) is 6.92 Å². The molecular weight excluding hydrogens is 316 g/mol. The molecule has 1 unspecified atom stereocenters. The van der Waals surface area contributed by atoms with E-state index in [0.29, 0.717) is 16.8 Å². The number of thiazole rings is 1. The lowest BCUT2D eigenvalue weighted by molar-refractivity contribution is 0.102. The van der Waals surface area contributed by atoms with E-state index >= 15 is 0 Å². The van der Waals surface area contributed by atoms with Gasteiger partial charge in [-0.2, -0.15) is 0 Å². The highest BCUT2D eigenvalue weighted by molar-refractivity contribution is 7.99. The van der Waals surface area contributed by atoms with Crippen LogP contribution in [0.25, 0.3) is 0 Å². The van der Waals surface area contributed by atoms with Crippen molar-refractivity contribution in [1.82, 2.24) is 4.98 Å². The van der Waals surface area contributed by atoms with Crippen LogP contribution in [-0.4, -0.2) is 29.4 Å². The van der Waals surface area contributed by atoms with Crippen LogP contribution < -0.4 is 5.32 Å². The van der Waals surface area contributed by atoms with Crippen molar-refractivity contribution in [2.75, 3.05) is 17.7 Å². The molecule has 3 rings (SSSR count). The fourth-order valence-corrected chi connectivity index (χ4v) is 4.12. The summed E-state index contributed by atoms with van der Waals surface area (Å²) in [5.74, 6) is 0.783. The van der Waals surface area contributed by atoms with Gasteiger partial charge in [0.05, 0.1) is 17.4 Å². The molecule has 0 bridgehead atoms. The number of rotatable bonds is 5. The third-order valence-corrected chi connectivity index (χ3v) is 5.50. The summed E-state index contributed by atoms with van der Waals surface area (Å²) in [4.78, 5) is 17.7. The zero-order valence-electron chi connectivity index (χ0n) is 12.4. The number of hydrogen-bond acceptors (Lipinski definition) is 5. The van der Waals surface area contributed by atoms with Crippen molar-refractivity contribution in [2.45, 2.75) is 30.8 Å². The average molecular weight is 334 g/mol. The molecular formula is C16H18N2O2S2. The molecule has 1 fully saturated rings. The first-order valence-electron chi connectivity index (χ1n) is 7.29. The maximum atomic E-state index is 12.5. The minimum atomic E-state index is -0.107. The molecule has 0 radical (unpaired) electrons. The molecule has 1 saturated heterocycles. The summed E-state index contributed by atoms with van der Waals surface area (Å²) in [6.45, 7) is 2.77. The van der Waals surface area contributed by atoms with Crippen molar-refractivity contribution in [1.29, 1.82) is 0 Å². The van der Waals surface area contributed by atoms with Gasteiger partial charge in [-0.05, 0) is 31.9 Å². The number of nitrogens with zero attached hydrogens (tertiary/aromatic N) is 1. The molecule has 1 aromatic heterocycles. The van der Waals surface area contributed by atoms with Crippen LogP contribution in [0.5, 0.6) is 0 Å². The molecule has 22 heavy (non-hydrogen) atoms. The fraction of sp³-hybridized carbons (Fsp3) is 0.375. The van der Waals surface area contributed by atoms with Gasteiger partial charge < -0.3 is 4.74 Å². The zero-order valence-corrected chi connectivity index (χ0v) is 14.0. The van der Waals surface area contributed by atoms with E-state index in [1.807, 2.05) is 36.6 Å². The van der Waals surface area contributed by atoms with Crippen molar-refractivity contribution in [3.8, 4) is 0 Å². The summed E-state index contributed by atoms with van der Waals surface area (Å²) in [5.41, 5.74) is 1.61. The van der Waals surface area contributed by atoms with Gasteiger partial charge >= 0.3 is 0 Å². The number of hydrogen-bond donors (Lipinski definition) is 1. The first-order chi connectivity index (χ1) is 10.7. The van der Waals surface area contributed by atoms with Crippen molar-refractivity contribution < 1.29 is 9.53 Å². The standard InChI is InChI=1S/C16H18N2O2S2/c1-11-9-22-16(17-11)18-15(19)13-6-2-3-7-14(13)21-10-12-5-4-8-20-12/h2-3,6-7,9,12H,4-5,8,10H2,1H3,(H,17,18,19). The van der Waals surface area contributed by atoms with Crippen LogP contribution in [0.15, 0.2) is 34.5 Å². The number of thioether (sulfide) groups is 1. The summed E-state index contributed by atoms with van der Waals surface area (Å²) in [5, 5.41) is 5.44. The molecule has 0 saturated carbocycles.